The normalized spacial score (nSPS) is 13.1. The first-order chi connectivity index (χ1) is 8.79. The van der Waals surface area contributed by atoms with Crippen LogP contribution in [0.1, 0.15) is 29.3 Å². The van der Waals surface area contributed by atoms with Gasteiger partial charge in [-0.25, -0.2) is 8.42 Å². The van der Waals surface area contributed by atoms with Crippen molar-refractivity contribution < 1.29 is 18.3 Å². The fraction of sp³-hybridized carbons (Fsp3) is 0.462. The van der Waals surface area contributed by atoms with Crippen LogP contribution in [0.15, 0.2) is 23.1 Å². The Balaban J connectivity index is 3.09. The molecule has 0 bridgehead atoms. The van der Waals surface area contributed by atoms with Gasteiger partial charge in [-0.1, -0.05) is 13.0 Å². The van der Waals surface area contributed by atoms with E-state index in [1.807, 2.05) is 6.92 Å². The minimum absolute atomic E-state index is 0.111. The maximum Gasteiger partial charge on any atom is 0.251 e. The quantitative estimate of drug-likeness (QED) is 0.842. The van der Waals surface area contributed by atoms with Crippen molar-refractivity contribution in [3.8, 4) is 0 Å². The van der Waals surface area contributed by atoms with Gasteiger partial charge in [0.05, 0.1) is 17.5 Å². The molecule has 0 spiro atoms. The standard InChI is InChI=1S/C13H19NO4S/c1-4-10(8-15)14-13(16)12-7-11(19(3,17)18)6-5-9(12)2/h5-7,10,15H,4,8H2,1-3H3,(H,14,16)/t10-/m1/s1. The van der Waals surface area contributed by atoms with Crippen LogP contribution in [-0.4, -0.2) is 38.3 Å². The van der Waals surface area contributed by atoms with Crippen molar-refractivity contribution in [1.29, 1.82) is 0 Å². The average molecular weight is 285 g/mol. The molecule has 0 aliphatic carbocycles. The van der Waals surface area contributed by atoms with E-state index < -0.39 is 9.84 Å². The molecule has 6 heteroatoms. The molecule has 1 aromatic carbocycles. The van der Waals surface area contributed by atoms with Crippen LogP contribution in [0, 0.1) is 6.92 Å². The summed E-state index contributed by atoms with van der Waals surface area (Å²) in [6, 6.07) is 4.12. The number of aliphatic hydroxyl groups is 1. The van der Waals surface area contributed by atoms with Gasteiger partial charge < -0.3 is 10.4 Å². The molecule has 106 valence electrons. The minimum Gasteiger partial charge on any atom is -0.394 e. The SMILES string of the molecule is CC[C@H](CO)NC(=O)c1cc(S(C)(=O)=O)ccc1C. The predicted molar refractivity (Wildman–Crippen MR) is 72.9 cm³/mol. The van der Waals surface area contributed by atoms with Gasteiger partial charge in [0.1, 0.15) is 0 Å². The molecule has 1 atom stereocenters. The number of nitrogens with one attached hydrogen (secondary N) is 1. The molecule has 0 heterocycles. The zero-order valence-electron chi connectivity index (χ0n) is 11.3. The summed E-state index contributed by atoms with van der Waals surface area (Å²) in [5, 5.41) is 11.7. The van der Waals surface area contributed by atoms with Gasteiger partial charge in [-0.2, -0.15) is 0 Å². The highest BCUT2D eigenvalue weighted by molar-refractivity contribution is 7.90. The van der Waals surface area contributed by atoms with Crippen molar-refractivity contribution in [2.45, 2.75) is 31.2 Å². The van der Waals surface area contributed by atoms with Crippen LogP contribution < -0.4 is 5.32 Å². The van der Waals surface area contributed by atoms with Crippen LogP contribution in [0.4, 0.5) is 0 Å². The fourth-order valence-electron chi connectivity index (χ4n) is 1.62. The molecule has 0 saturated heterocycles. The smallest absolute Gasteiger partial charge is 0.251 e. The van der Waals surface area contributed by atoms with Crippen LogP contribution in [0.3, 0.4) is 0 Å². The van der Waals surface area contributed by atoms with Crippen molar-refractivity contribution >= 4 is 15.7 Å². The van der Waals surface area contributed by atoms with Gasteiger partial charge in [-0.15, -0.1) is 0 Å². The van der Waals surface area contributed by atoms with Crippen molar-refractivity contribution in [2.75, 3.05) is 12.9 Å². The molecule has 5 nitrogen and oxygen atoms in total. The van der Waals surface area contributed by atoms with Crippen molar-refractivity contribution in [1.82, 2.24) is 5.32 Å². The summed E-state index contributed by atoms with van der Waals surface area (Å²) in [5.74, 6) is -0.371. The maximum absolute atomic E-state index is 12.1. The number of sulfone groups is 1. The van der Waals surface area contributed by atoms with Crippen LogP contribution in [0.2, 0.25) is 0 Å². The lowest BCUT2D eigenvalue weighted by Gasteiger charge is -2.15. The molecule has 0 saturated carbocycles. The second-order valence-corrected chi connectivity index (χ2v) is 6.53. The molecule has 0 aromatic heterocycles. The lowest BCUT2D eigenvalue weighted by molar-refractivity contribution is 0.0914. The Kier molecular flexibility index (Phi) is 5.08. The number of rotatable bonds is 5. The number of hydrogen-bond acceptors (Lipinski definition) is 4. The summed E-state index contributed by atoms with van der Waals surface area (Å²) in [5.41, 5.74) is 1.01. The Bertz CT molecular complexity index is 562. The molecule has 0 unspecified atom stereocenters. The van der Waals surface area contributed by atoms with Crippen LogP contribution in [-0.2, 0) is 9.84 Å². The van der Waals surface area contributed by atoms with E-state index in [1.54, 1.807) is 13.0 Å². The number of aliphatic hydroxyl groups excluding tert-OH is 1. The van der Waals surface area contributed by atoms with E-state index in [0.29, 0.717) is 17.5 Å². The molecule has 0 aliphatic heterocycles. The first kappa shape index (κ1) is 15.7. The van der Waals surface area contributed by atoms with E-state index >= 15 is 0 Å². The van der Waals surface area contributed by atoms with Crippen LogP contribution in [0.25, 0.3) is 0 Å². The molecule has 1 rings (SSSR count). The second kappa shape index (κ2) is 6.16. The fourth-order valence-corrected chi connectivity index (χ4v) is 2.26. The monoisotopic (exact) mass is 285 g/mol. The Hall–Kier alpha value is -1.40. The van der Waals surface area contributed by atoms with Crippen molar-refractivity contribution in [3.63, 3.8) is 0 Å². The van der Waals surface area contributed by atoms with Gasteiger partial charge in [0, 0.05) is 11.8 Å². The zero-order valence-corrected chi connectivity index (χ0v) is 12.1. The number of carbonyl (C=O) groups is 1. The Morgan fingerprint density at radius 3 is 2.53 bits per heavy atom. The number of amides is 1. The summed E-state index contributed by atoms with van der Waals surface area (Å²) in [6.45, 7) is 3.44. The topological polar surface area (TPSA) is 83.5 Å². The molecule has 0 radical (unpaired) electrons. The van der Waals surface area contributed by atoms with E-state index in [4.69, 9.17) is 5.11 Å². The highest BCUT2D eigenvalue weighted by Gasteiger charge is 2.16. The average Bonchev–Trinajstić information content (AvgIpc) is 2.34. The number of carbonyl (C=O) groups excluding carboxylic acids is 1. The van der Waals surface area contributed by atoms with Crippen molar-refractivity contribution in [3.05, 3.63) is 29.3 Å². The lowest BCUT2D eigenvalue weighted by Crippen LogP contribution is -2.37. The second-order valence-electron chi connectivity index (χ2n) is 4.51. The summed E-state index contributed by atoms with van der Waals surface area (Å²) in [4.78, 5) is 12.2. The van der Waals surface area contributed by atoms with Crippen molar-refractivity contribution in [2.24, 2.45) is 0 Å². The van der Waals surface area contributed by atoms with Gasteiger partial charge in [0.2, 0.25) is 0 Å². The summed E-state index contributed by atoms with van der Waals surface area (Å²) in [7, 11) is -3.34. The third kappa shape index (κ3) is 4.04. The molecule has 2 N–H and O–H groups in total. The summed E-state index contributed by atoms with van der Waals surface area (Å²) in [6.07, 6.45) is 1.70. The Morgan fingerprint density at radius 2 is 2.05 bits per heavy atom. The molecule has 1 aromatic rings. The third-order valence-corrected chi connectivity index (χ3v) is 4.04. The Morgan fingerprint density at radius 1 is 1.42 bits per heavy atom. The number of benzene rings is 1. The Labute approximate surface area is 113 Å². The first-order valence-corrected chi connectivity index (χ1v) is 7.91. The van der Waals surface area contributed by atoms with Gasteiger partial charge in [-0.3, -0.25) is 4.79 Å². The lowest BCUT2D eigenvalue weighted by atomic mass is 10.1. The van der Waals surface area contributed by atoms with Gasteiger partial charge >= 0.3 is 0 Å². The van der Waals surface area contributed by atoms with Gasteiger partial charge in [0.15, 0.2) is 9.84 Å². The van der Waals surface area contributed by atoms with Crippen LogP contribution >= 0.6 is 0 Å². The van der Waals surface area contributed by atoms with E-state index in [9.17, 15) is 13.2 Å². The number of aryl methyl sites for hydroxylation is 1. The summed E-state index contributed by atoms with van der Waals surface area (Å²) >= 11 is 0. The zero-order chi connectivity index (χ0) is 14.6. The van der Waals surface area contributed by atoms with Gasteiger partial charge in [0.25, 0.3) is 5.91 Å². The highest BCUT2D eigenvalue weighted by atomic mass is 32.2. The molecular formula is C13H19NO4S. The summed E-state index contributed by atoms with van der Waals surface area (Å²) < 4.78 is 23.0. The predicted octanol–water partition coefficient (Wildman–Crippen LogP) is 0.899. The van der Waals surface area contributed by atoms with E-state index in [0.717, 1.165) is 6.26 Å². The maximum atomic E-state index is 12.1. The van der Waals surface area contributed by atoms with Crippen LogP contribution in [0.5, 0.6) is 0 Å². The number of hydrogen-bond donors (Lipinski definition) is 2. The molecule has 19 heavy (non-hydrogen) atoms. The molecular weight excluding hydrogens is 266 g/mol. The largest absolute Gasteiger partial charge is 0.394 e. The van der Waals surface area contributed by atoms with E-state index in [-0.39, 0.29) is 23.5 Å². The first-order valence-electron chi connectivity index (χ1n) is 6.02. The third-order valence-electron chi connectivity index (χ3n) is 2.93. The molecule has 0 aliphatic rings. The highest BCUT2D eigenvalue weighted by Crippen LogP contribution is 2.15. The van der Waals surface area contributed by atoms with E-state index in [2.05, 4.69) is 5.32 Å². The molecule has 1 amide bonds. The minimum atomic E-state index is -3.34. The molecule has 0 fully saturated rings. The van der Waals surface area contributed by atoms with E-state index in [1.165, 1.54) is 12.1 Å². The van der Waals surface area contributed by atoms with Gasteiger partial charge in [-0.05, 0) is 31.0 Å².